The van der Waals surface area contributed by atoms with Gasteiger partial charge in [0.05, 0.1) is 24.7 Å². The molecule has 0 saturated carbocycles. The van der Waals surface area contributed by atoms with Gasteiger partial charge in [0.15, 0.2) is 0 Å². The van der Waals surface area contributed by atoms with Gasteiger partial charge >= 0.3 is 5.69 Å². The first-order chi connectivity index (χ1) is 8.99. The number of hydrogen-bond donors (Lipinski definition) is 4. The molecule has 0 amide bonds. The molecule has 0 aliphatic heterocycles. The summed E-state index contributed by atoms with van der Waals surface area (Å²) in [7, 11) is 0. The number of benzene rings is 1. The van der Waals surface area contributed by atoms with E-state index in [-0.39, 0.29) is 5.56 Å². The van der Waals surface area contributed by atoms with Crippen molar-refractivity contribution in [2.45, 2.75) is 5.54 Å². The maximum absolute atomic E-state index is 10.6. The molecule has 0 unspecified atom stereocenters. The first-order valence-electron chi connectivity index (χ1n) is 5.34. The number of rotatable bonds is 6. The third-order valence-electron chi connectivity index (χ3n) is 2.60. The van der Waals surface area contributed by atoms with Gasteiger partial charge in [0.2, 0.25) is 5.75 Å². The number of nitro groups is 1. The lowest BCUT2D eigenvalue weighted by Gasteiger charge is -2.21. The average molecular weight is 270 g/mol. The molecule has 104 valence electrons. The number of aromatic hydroxyl groups is 1. The van der Waals surface area contributed by atoms with E-state index in [1.54, 1.807) is 0 Å². The first kappa shape index (κ1) is 15.0. The normalized spacial score (nSPS) is 11.9. The molecule has 0 aromatic heterocycles. The van der Waals surface area contributed by atoms with Crippen LogP contribution in [0.5, 0.6) is 5.75 Å². The number of aliphatic hydroxyl groups excluding tert-OH is 3. The third kappa shape index (κ3) is 3.25. The number of aliphatic hydroxyl groups is 3. The Kier molecular flexibility index (Phi) is 4.93. The van der Waals surface area contributed by atoms with Gasteiger partial charge in [-0.15, -0.1) is 0 Å². The Labute approximate surface area is 108 Å². The highest BCUT2D eigenvalue weighted by Crippen LogP contribution is 2.28. The van der Waals surface area contributed by atoms with E-state index in [0.717, 1.165) is 12.3 Å². The van der Waals surface area contributed by atoms with Crippen molar-refractivity contribution < 1.29 is 25.3 Å². The molecule has 0 fully saturated rings. The summed E-state index contributed by atoms with van der Waals surface area (Å²) in [6.45, 7) is -1.81. The molecular formula is C11H14N2O6. The van der Waals surface area contributed by atoms with Crippen LogP contribution in [0.3, 0.4) is 0 Å². The van der Waals surface area contributed by atoms with Crippen molar-refractivity contribution in [1.29, 1.82) is 0 Å². The fourth-order valence-electron chi connectivity index (χ4n) is 1.28. The van der Waals surface area contributed by atoms with E-state index >= 15 is 0 Å². The Morgan fingerprint density at radius 3 is 2.32 bits per heavy atom. The Morgan fingerprint density at radius 1 is 1.26 bits per heavy atom. The number of phenols is 1. The Balaban J connectivity index is 3.12. The molecule has 0 aliphatic rings. The molecule has 0 aliphatic carbocycles. The molecule has 1 aromatic carbocycles. The van der Waals surface area contributed by atoms with E-state index in [4.69, 9.17) is 15.3 Å². The van der Waals surface area contributed by atoms with Crippen molar-refractivity contribution in [3.05, 3.63) is 33.9 Å². The van der Waals surface area contributed by atoms with Crippen LogP contribution in [-0.2, 0) is 0 Å². The molecule has 1 aromatic rings. The van der Waals surface area contributed by atoms with E-state index in [2.05, 4.69) is 4.99 Å². The van der Waals surface area contributed by atoms with Crippen molar-refractivity contribution in [3.63, 3.8) is 0 Å². The monoisotopic (exact) mass is 270 g/mol. The highest BCUT2D eigenvalue weighted by molar-refractivity contribution is 5.85. The number of nitro benzene ring substituents is 1. The summed E-state index contributed by atoms with van der Waals surface area (Å²) in [6.07, 6.45) is 1.06. The van der Waals surface area contributed by atoms with Gasteiger partial charge in [0.1, 0.15) is 5.54 Å². The molecule has 0 spiro atoms. The zero-order valence-electron chi connectivity index (χ0n) is 9.93. The molecular weight excluding hydrogens is 256 g/mol. The molecule has 19 heavy (non-hydrogen) atoms. The van der Waals surface area contributed by atoms with Gasteiger partial charge in [-0.25, -0.2) is 0 Å². The van der Waals surface area contributed by atoms with E-state index in [1.807, 2.05) is 0 Å². The fraction of sp³-hybridized carbons (Fsp3) is 0.364. The second-order valence-corrected chi connectivity index (χ2v) is 3.93. The highest BCUT2D eigenvalue weighted by atomic mass is 16.6. The Morgan fingerprint density at radius 2 is 1.84 bits per heavy atom. The molecule has 0 atom stereocenters. The maximum atomic E-state index is 10.6. The van der Waals surface area contributed by atoms with Gasteiger partial charge in [-0.3, -0.25) is 15.1 Å². The summed E-state index contributed by atoms with van der Waals surface area (Å²) in [5, 5.41) is 47.5. The lowest BCUT2D eigenvalue weighted by molar-refractivity contribution is -0.385. The smallest absolute Gasteiger partial charge is 0.311 e. The minimum absolute atomic E-state index is 0.0499. The number of nitrogens with zero attached hydrogens (tertiary/aromatic N) is 2. The molecule has 0 heterocycles. The zero-order chi connectivity index (χ0) is 14.5. The standard InChI is InChI=1S/C11H14N2O6/c14-5-11(6-15,7-16)12-4-8-2-1-3-9(10(8)17)13(18)19/h1-4,14-17H,5-7H2. The van der Waals surface area contributed by atoms with Gasteiger partial charge in [-0.05, 0) is 6.07 Å². The number of aliphatic imine (C=N–C) groups is 1. The minimum Gasteiger partial charge on any atom is -0.502 e. The van der Waals surface area contributed by atoms with Gasteiger partial charge in [-0.2, -0.15) is 0 Å². The van der Waals surface area contributed by atoms with Gasteiger partial charge in [0, 0.05) is 17.8 Å². The Bertz CT molecular complexity index is 476. The third-order valence-corrected chi connectivity index (χ3v) is 2.60. The summed E-state index contributed by atoms with van der Waals surface area (Å²) in [6, 6.07) is 3.87. The van der Waals surface area contributed by atoms with Crippen molar-refractivity contribution in [1.82, 2.24) is 0 Å². The fourth-order valence-corrected chi connectivity index (χ4v) is 1.28. The van der Waals surface area contributed by atoms with Crippen LogP contribution in [0.4, 0.5) is 5.69 Å². The maximum Gasteiger partial charge on any atom is 0.311 e. The van der Waals surface area contributed by atoms with Crippen molar-refractivity contribution in [3.8, 4) is 5.75 Å². The largest absolute Gasteiger partial charge is 0.502 e. The van der Waals surface area contributed by atoms with E-state index < -0.39 is 41.7 Å². The van der Waals surface area contributed by atoms with Crippen LogP contribution in [0.1, 0.15) is 5.56 Å². The zero-order valence-corrected chi connectivity index (χ0v) is 9.93. The van der Waals surface area contributed by atoms with Crippen LogP contribution in [0.2, 0.25) is 0 Å². The lowest BCUT2D eigenvalue weighted by atomic mass is 10.0. The average Bonchev–Trinajstić information content (AvgIpc) is 2.42. The summed E-state index contributed by atoms with van der Waals surface area (Å²) in [5.74, 6) is -0.570. The molecule has 8 heteroatoms. The topological polar surface area (TPSA) is 136 Å². The van der Waals surface area contributed by atoms with E-state index in [9.17, 15) is 15.2 Å². The van der Waals surface area contributed by atoms with Crippen LogP contribution in [-0.4, -0.2) is 56.9 Å². The Hall–Kier alpha value is -2.03. The quantitative estimate of drug-likeness (QED) is 0.310. The van der Waals surface area contributed by atoms with Crippen molar-refractivity contribution in [2.24, 2.45) is 4.99 Å². The van der Waals surface area contributed by atoms with Gasteiger partial charge < -0.3 is 20.4 Å². The van der Waals surface area contributed by atoms with Crippen LogP contribution in [0, 0.1) is 10.1 Å². The van der Waals surface area contributed by atoms with Crippen molar-refractivity contribution >= 4 is 11.9 Å². The predicted octanol–water partition coefficient (Wildman–Crippen LogP) is -0.565. The van der Waals surface area contributed by atoms with Crippen LogP contribution >= 0.6 is 0 Å². The van der Waals surface area contributed by atoms with E-state index in [1.165, 1.54) is 12.1 Å². The van der Waals surface area contributed by atoms with Crippen LogP contribution in [0.25, 0.3) is 0 Å². The summed E-state index contributed by atoms with van der Waals surface area (Å²) >= 11 is 0. The summed E-state index contributed by atoms with van der Waals surface area (Å²) in [5.41, 5.74) is -1.92. The van der Waals surface area contributed by atoms with Crippen LogP contribution in [0.15, 0.2) is 23.2 Å². The lowest BCUT2D eigenvalue weighted by Crippen LogP contribution is -2.39. The second kappa shape index (κ2) is 6.23. The number of hydrogen-bond acceptors (Lipinski definition) is 7. The predicted molar refractivity (Wildman–Crippen MR) is 66.3 cm³/mol. The minimum atomic E-state index is -1.49. The SMILES string of the molecule is O=[N+]([O-])c1cccc(C=NC(CO)(CO)CO)c1O. The second-order valence-electron chi connectivity index (χ2n) is 3.93. The van der Waals surface area contributed by atoms with Crippen LogP contribution < -0.4 is 0 Å². The van der Waals surface area contributed by atoms with E-state index in [0.29, 0.717) is 0 Å². The van der Waals surface area contributed by atoms with Gasteiger partial charge in [-0.1, -0.05) is 6.07 Å². The first-order valence-corrected chi connectivity index (χ1v) is 5.34. The molecule has 8 nitrogen and oxygen atoms in total. The summed E-state index contributed by atoms with van der Waals surface area (Å²) < 4.78 is 0. The molecule has 0 saturated heterocycles. The molecule has 4 N–H and O–H groups in total. The highest BCUT2D eigenvalue weighted by Gasteiger charge is 2.26. The number of phenolic OH excluding ortho intramolecular Hbond substituents is 1. The summed E-state index contributed by atoms with van der Waals surface area (Å²) in [4.78, 5) is 13.7. The molecule has 1 rings (SSSR count). The van der Waals surface area contributed by atoms with Crippen molar-refractivity contribution in [2.75, 3.05) is 19.8 Å². The molecule has 0 bridgehead atoms. The number of para-hydroxylation sites is 1. The molecule has 0 radical (unpaired) electrons. The van der Waals surface area contributed by atoms with Gasteiger partial charge in [0.25, 0.3) is 0 Å².